The molecule has 160 valence electrons. The Hall–Kier alpha value is -3.21. The number of allylic oxidation sites excluding steroid dienone is 1. The fourth-order valence-electron chi connectivity index (χ4n) is 3.14. The lowest BCUT2D eigenvalue weighted by Gasteiger charge is -2.31. The van der Waals surface area contributed by atoms with Crippen LogP contribution in [0.1, 0.15) is 40.2 Å². The van der Waals surface area contributed by atoms with E-state index in [9.17, 15) is 4.79 Å². The number of carbonyl (C=O) groups excluding carboxylic acids is 1. The Balaban J connectivity index is 0.000000216. The van der Waals surface area contributed by atoms with Crippen LogP contribution in [0.4, 0.5) is 5.69 Å². The molecule has 0 bridgehead atoms. The number of hydrogen-bond donors (Lipinski definition) is 1. The summed E-state index contributed by atoms with van der Waals surface area (Å²) in [6.45, 7) is 14.2. The Morgan fingerprint density at radius 2 is 1.87 bits per heavy atom. The van der Waals surface area contributed by atoms with Crippen molar-refractivity contribution in [3.8, 4) is 11.5 Å². The van der Waals surface area contributed by atoms with Crippen LogP contribution in [0.3, 0.4) is 0 Å². The zero-order valence-electron chi connectivity index (χ0n) is 18.4. The largest absolute Gasteiger partial charge is 0.494 e. The van der Waals surface area contributed by atoms with Crippen molar-refractivity contribution in [1.29, 1.82) is 0 Å². The second kappa shape index (κ2) is 10.5. The maximum atomic E-state index is 10.8. The van der Waals surface area contributed by atoms with Gasteiger partial charge in [-0.15, -0.1) is 0 Å². The number of fused-ring (bicyclic) bond motifs is 1. The van der Waals surface area contributed by atoms with Gasteiger partial charge in [0.1, 0.15) is 11.5 Å². The average molecular weight is 410 g/mol. The van der Waals surface area contributed by atoms with Crippen LogP contribution in [-0.4, -0.2) is 24.4 Å². The van der Waals surface area contributed by atoms with Crippen molar-refractivity contribution < 1.29 is 19.0 Å². The second-order valence-electron chi connectivity index (χ2n) is 7.45. The molecule has 5 nitrogen and oxygen atoms in total. The summed E-state index contributed by atoms with van der Waals surface area (Å²) in [6.07, 6.45) is 2.75. The first kappa shape index (κ1) is 23.1. The van der Waals surface area contributed by atoms with Crippen LogP contribution in [0.25, 0.3) is 5.57 Å². The maximum Gasteiger partial charge on any atom is 0.333 e. The number of rotatable bonds is 6. The lowest BCUT2D eigenvalue weighted by Crippen LogP contribution is -2.31. The fourth-order valence-corrected chi connectivity index (χ4v) is 3.14. The van der Waals surface area contributed by atoms with Crippen LogP contribution in [0.5, 0.6) is 11.5 Å². The number of esters is 1. The number of carbonyl (C=O) groups is 1. The van der Waals surface area contributed by atoms with Crippen molar-refractivity contribution >= 4 is 17.2 Å². The van der Waals surface area contributed by atoms with Crippen LogP contribution in [0.15, 0.2) is 67.3 Å². The molecule has 30 heavy (non-hydrogen) atoms. The Morgan fingerprint density at radius 1 is 1.17 bits per heavy atom. The number of benzene rings is 2. The molecular formula is C25H31NO4. The van der Waals surface area contributed by atoms with Crippen molar-refractivity contribution in [3.05, 3.63) is 72.8 Å². The molecule has 0 spiro atoms. The highest BCUT2D eigenvalue weighted by atomic mass is 16.7. The van der Waals surface area contributed by atoms with Gasteiger partial charge in [-0.3, -0.25) is 0 Å². The van der Waals surface area contributed by atoms with E-state index in [4.69, 9.17) is 14.2 Å². The monoisotopic (exact) mass is 409 g/mol. The molecule has 1 unspecified atom stereocenters. The van der Waals surface area contributed by atoms with Gasteiger partial charge in [0.2, 0.25) is 6.29 Å². The Morgan fingerprint density at radius 3 is 2.50 bits per heavy atom. The highest BCUT2D eigenvalue weighted by Gasteiger charge is 2.22. The third kappa shape index (κ3) is 6.99. The molecule has 1 N–H and O–H groups in total. The summed E-state index contributed by atoms with van der Waals surface area (Å²) >= 11 is 0. The van der Waals surface area contributed by atoms with E-state index in [-0.39, 0.29) is 5.54 Å². The number of ether oxygens (including phenoxy) is 3. The van der Waals surface area contributed by atoms with E-state index in [0.717, 1.165) is 11.8 Å². The molecule has 1 aliphatic heterocycles. The van der Waals surface area contributed by atoms with Crippen molar-refractivity contribution in [2.24, 2.45) is 0 Å². The van der Waals surface area contributed by atoms with Crippen molar-refractivity contribution in [3.63, 3.8) is 0 Å². The minimum Gasteiger partial charge on any atom is -0.494 e. The second-order valence-corrected chi connectivity index (χ2v) is 7.45. The highest BCUT2D eigenvalue weighted by molar-refractivity contribution is 5.81. The zero-order chi connectivity index (χ0) is 22.1. The summed E-state index contributed by atoms with van der Waals surface area (Å²) in [6, 6.07) is 15.4. The third-order valence-electron chi connectivity index (χ3n) is 4.26. The summed E-state index contributed by atoms with van der Waals surface area (Å²) in [4.78, 5) is 10.8. The Bertz CT molecular complexity index is 887. The van der Waals surface area contributed by atoms with E-state index in [0.29, 0.717) is 12.4 Å². The molecule has 2 aromatic carbocycles. The Kier molecular flexibility index (Phi) is 8.10. The molecule has 1 aliphatic rings. The standard InChI is InChI=1S/C14H19NO.C11H12O3/c1-5-16-11-6-7-13-12(8-11)10(2)9-14(3,4)15-13;1-3-11(12)14-9(2)13-10-7-5-4-6-8-10/h6-9,15H,5H2,1-4H3;3-9H,1H2,2H3. The average Bonchev–Trinajstić information content (AvgIpc) is 2.69. The summed E-state index contributed by atoms with van der Waals surface area (Å²) in [5.74, 6) is 1.11. The van der Waals surface area contributed by atoms with Gasteiger partial charge in [0.15, 0.2) is 0 Å². The van der Waals surface area contributed by atoms with E-state index in [1.807, 2.05) is 31.2 Å². The van der Waals surface area contributed by atoms with Gasteiger partial charge < -0.3 is 19.5 Å². The minimum atomic E-state index is -0.608. The first-order valence-electron chi connectivity index (χ1n) is 10.0. The van der Waals surface area contributed by atoms with E-state index in [1.54, 1.807) is 19.1 Å². The Labute approximate surface area is 179 Å². The number of para-hydroxylation sites is 1. The van der Waals surface area contributed by atoms with Gasteiger partial charge in [0, 0.05) is 24.3 Å². The fraction of sp³-hybridized carbons (Fsp3) is 0.320. The molecule has 0 aromatic heterocycles. The first-order valence-corrected chi connectivity index (χ1v) is 10.0. The number of nitrogens with one attached hydrogen (secondary N) is 1. The molecule has 0 radical (unpaired) electrons. The SMILES string of the molecule is C=CC(=O)OC(C)Oc1ccccc1.CCOc1ccc2c(c1)C(C)=CC(C)(C)N2. The summed E-state index contributed by atoms with van der Waals surface area (Å²) in [7, 11) is 0. The van der Waals surface area contributed by atoms with Crippen LogP contribution >= 0.6 is 0 Å². The molecule has 1 heterocycles. The summed E-state index contributed by atoms with van der Waals surface area (Å²) < 4.78 is 15.6. The van der Waals surface area contributed by atoms with Crippen molar-refractivity contribution in [2.75, 3.05) is 11.9 Å². The van der Waals surface area contributed by atoms with Gasteiger partial charge in [-0.25, -0.2) is 4.79 Å². The maximum absolute atomic E-state index is 10.8. The molecule has 1 atom stereocenters. The van der Waals surface area contributed by atoms with Gasteiger partial charge >= 0.3 is 5.97 Å². The molecule has 0 aliphatic carbocycles. The molecule has 5 heteroatoms. The van der Waals surface area contributed by atoms with Gasteiger partial charge in [0.25, 0.3) is 0 Å². The van der Waals surface area contributed by atoms with Crippen molar-refractivity contribution in [1.82, 2.24) is 0 Å². The minimum absolute atomic E-state index is 0.0320. The van der Waals surface area contributed by atoms with Gasteiger partial charge in [0.05, 0.1) is 12.1 Å². The van der Waals surface area contributed by atoms with Crippen molar-refractivity contribution in [2.45, 2.75) is 46.4 Å². The molecule has 3 rings (SSSR count). The third-order valence-corrected chi connectivity index (χ3v) is 4.26. The summed E-state index contributed by atoms with van der Waals surface area (Å²) in [5, 5.41) is 3.50. The van der Waals surface area contributed by atoms with Gasteiger partial charge in [-0.1, -0.05) is 30.9 Å². The normalized spacial score (nSPS) is 14.5. The molecule has 0 saturated heterocycles. The lowest BCUT2D eigenvalue weighted by molar-refractivity contribution is -0.154. The smallest absolute Gasteiger partial charge is 0.333 e. The molecule has 0 fully saturated rings. The zero-order valence-corrected chi connectivity index (χ0v) is 18.4. The highest BCUT2D eigenvalue weighted by Crippen LogP contribution is 2.35. The van der Waals surface area contributed by atoms with Gasteiger partial charge in [-0.05, 0) is 63.6 Å². The van der Waals surface area contributed by atoms with Crippen LogP contribution in [0.2, 0.25) is 0 Å². The number of hydrogen-bond acceptors (Lipinski definition) is 5. The number of anilines is 1. The van der Waals surface area contributed by atoms with Gasteiger partial charge in [-0.2, -0.15) is 0 Å². The predicted octanol–water partition coefficient (Wildman–Crippen LogP) is 5.83. The van der Waals surface area contributed by atoms with Crippen LogP contribution < -0.4 is 14.8 Å². The quantitative estimate of drug-likeness (QED) is 0.369. The lowest BCUT2D eigenvalue weighted by atomic mass is 9.91. The van der Waals surface area contributed by atoms with E-state index < -0.39 is 12.3 Å². The molecular weight excluding hydrogens is 378 g/mol. The van der Waals surface area contributed by atoms with E-state index in [1.165, 1.54) is 16.8 Å². The molecule has 2 aromatic rings. The first-order chi connectivity index (χ1) is 14.2. The summed E-state index contributed by atoms with van der Waals surface area (Å²) in [5.41, 5.74) is 3.77. The molecule has 0 amide bonds. The molecule has 0 saturated carbocycles. The van der Waals surface area contributed by atoms with Crippen LogP contribution in [-0.2, 0) is 9.53 Å². The topological polar surface area (TPSA) is 56.8 Å². The van der Waals surface area contributed by atoms with Crippen LogP contribution in [0, 0.1) is 0 Å². The van der Waals surface area contributed by atoms with E-state index in [2.05, 4.69) is 50.9 Å². The predicted molar refractivity (Wildman–Crippen MR) is 122 cm³/mol. The van der Waals surface area contributed by atoms with E-state index >= 15 is 0 Å².